The smallest absolute Gasteiger partial charge is 0.341 e. The van der Waals surface area contributed by atoms with Crippen LogP contribution in [-0.2, 0) is 9.53 Å². The van der Waals surface area contributed by atoms with Gasteiger partial charge in [0.25, 0.3) is 0 Å². The molecule has 0 aliphatic carbocycles. The Morgan fingerprint density at radius 2 is 1.88 bits per heavy atom. The van der Waals surface area contributed by atoms with Crippen molar-refractivity contribution in [2.24, 2.45) is 0 Å². The summed E-state index contributed by atoms with van der Waals surface area (Å²) >= 11 is 1.34. The third-order valence-corrected chi connectivity index (χ3v) is 5.01. The van der Waals surface area contributed by atoms with Crippen LogP contribution in [-0.4, -0.2) is 31.1 Å². The van der Waals surface area contributed by atoms with Crippen LogP contribution >= 0.6 is 11.3 Å². The number of nitrogens with one attached hydrogen (secondary N) is 2. The molecule has 1 aromatic heterocycles. The maximum atomic E-state index is 12.5. The van der Waals surface area contributed by atoms with E-state index < -0.39 is 5.97 Å². The molecule has 5 nitrogen and oxygen atoms in total. The molecule has 0 radical (unpaired) electrons. The number of amides is 1. The molecule has 0 saturated heterocycles. The monoisotopic (exact) mass is 374 g/mol. The third kappa shape index (κ3) is 5.16. The molecule has 140 valence electrons. The number of benzene rings is 1. The van der Waals surface area contributed by atoms with Crippen molar-refractivity contribution in [1.82, 2.24) is 5.32 Å². The fourth-order valence-electron chi connectivity index (χ4n) is 2.38. The van der Waals surface area contributed by atoms with E-state index in [0.717, 1.165) is 23.1 Å². The largest absolute Gasteiger partial charge is 0.462 e. The Morgan fingerprint density at radius 1 is 1.19 bits per heavy atom. The number of thiophene rings is 1. The van der Waals surface area contributed by atoms with Crippen molar-refractivity contribution in [2.75, 3.05) is 18.5 Å². The first-order valence-corrected chi connectivity index (χ1v) is 9.73. The van der Waals surface area contributed by atoms with Gasteiger partial charge in [-0.05, 0) is 32.8 Å². The van der Waals surface area contributed by atoms with Gasteiger partial charge in [-0.2, -0.15) is 0 Å². The number of aryl methyl sites for hydroxylation is 1. The topological polar surface area (TPSA) is 67.4 Å². The highest BCUT2D eigenvalue weighted by atomic mass is 32.1. The minimum atomic E-state index is -0.422. The van der Waals surface area contributed by atoms with Crippen molar-refractivity contribution in [3.63, 3.8) is 0 Å². The Hall–Kier alpha value is -2.18. The number of esters is 1. The Morgan fingerprint density at radius 3 is 2.50 bits per heavy atom. The van der Waals surface area contributed by atoms with E-state index in [2.05, 4.69) is 17.6 Å². The number of hydrogen-bond acceptors (Lipinski definition) is 5. The third-order valence-electron chi connectivity index (χ3n) is 4.11. The molecule has 0 aliphatic heterocycles. The summed E-state index contributed by atoms with van der Waals surface area (Å²) in [5.74, 6) is -0.595. The second-order valence-electron chi connectivity index (χ2n) is 6.18. The number of hydrogen-bond donors (Lipinski definition) is 2. The van der Waals surface area contributed by atoms with Crippen molar-refractivity contribution in [3.8, 4) is 11.1 Å². The van der Waals surface area contributed by atoms with E-state index >= 15 is 0 Å². The SMILES string of the molecule is CCOC(=O)c1c(-c2ccc(C)cc2)csc1NC(=O)CN[C@H](C)CC. The lowest BCUT2D eigenvalue weighted by Crippen LogP contribution is -2.34. The van der Waals surface area contributed by atoms with Crippen LogP contribution in [0, 0.1) is 6.92 Å². The van der Waals surface area contributed by atoms with E-state index in [1.165, 1.54) is 11.3 Å². The Bertz CT molecular complexity index is 753. The second-order valence-corrected chi connectivity index (χ2v) is 7.06. The molecule has 1 atom stereocenters. The molecule has 26 heavy (non-hydrogen) atoms. The van der Waals surface area contributed by atoms with E-state index in [1.807, 2.05) is 43.5 Å². The number of anilines is 1. The number of carbonyl (C=O) groups is 2. The van der Waals surface area contributed by atoms with Gasteiger partial charge in [0.05, 0.1) is 13.2 Å². The molecule has 6 heteroatoms. The van der Waals surface area contributed by atoms with Gasteiger partial charge in [0.15, 0.2) is 0 Å². The van der Waals surface area contributed by atoms with Crippen LogP contribution in [0.3, 0.4) is 0 Å². The van der Waals surface area contributed by atoms with Crippen molar-refractivity contribution >= 4 is 28.2 Å². The second kappa shape index (κ2) is 9.50. The highest BCUT2D eigenvalue weighted by Gasteiger charge is 2.22. The van der Waals surface area contributed by atoms with Gasteiger partial charge in [-0.25, -0.2) is 4.79 Å². The zero-order valence-corrected chi connectivity index (χ0v) is 16.5. The van der Waals surface area contributed by atoms with Gasteiger partial charge in [0, 0.05) is 17.0 Å². The highest BCUT2D eigenvalue weighted by Crippen LogP contribution is 2.36. The average Bonchev–Trinajstić information content (AvgIpc) is 3.04. The Kier molecular flexibility index (Phi) is 7.36. The fourth-order valence-corrected chi connectivity index (χ4v) is 3.36. The predicted octanol–water partition coefficient (Wildman–Crippen LogP) is 4.23. The van der Waals surface area contributed by atoms with Gasteiger partial charge in [-0.1, -0.05) is 36.8 Å². The lowest BCUT2D eigenvalue weighted by Gasteiger charge is -2.12. The highest BCUT2D eigenvalue weighted by molar-refractivity contribution is 7.15. The van der Waals surface area contributed by atoms with Crippen LogP contribution in [0.1, 0.15) is 43.1 Å². The first-order valence-electron chi connectivity index (χ1n) is 8.85. The first kappa shape index (κ1) is 20.1. The van der Waals surface area contributed by atoms with E-state index in [4.69, 9.17) is 4.74 Å². The van der Waals surface area contributed by atoms with Crippen LogP contribution < -0.4 is 10.6 Å². The van der Waals surface area contributed by atoms with Crippen LogP contribution in [0.15, 0.2) is 29.6 Å². The van der Waals surface area contributed by atoms with Gasteiger partial charge >= 0.3 is 5.97 Å². The summed E-state index contributed by atoms with van der Waals surface area (Å²) in [6.07, 6.45) is 0.942. The van der Waals surface area contributed by atoms with Crippen LogP contribution in [0.4, 0.5) is 5.00 Å². The summed E-state index contributed by atoms with van der Waals surface area (Å²) in [6.45, 7) is 8.35. The van der Waals surface area contributed by atoms with E-state index in [1.54, 1.807) is 6.92 Å². The van der Waals surface area contributed by atoms with Crippen LogP contribution in [0.5, 0.6) is 0 Å². The first-order chi connectivity index (χ1) is 12.5. The molecule has 1 amide bonds. The minimum Gasteiger partial charge on any atom is -0.462 e. The summed E-state index contributed by atoms with van der Waals surface area (Å²) in [5, 5.41) is 8.40. The van der Waals surface area contributed by atoms with Crippen LogP contribution in [0.25, 0.3) is 11.1 Å². The van der Waals surface area contributed by atoms with Crippen LogP contribution in [0.2, 0.25) is 0 Å². The molecule has 0 saturated carbocycles. The zero-order valence-electron chi connectivity index (χ0n) is 15.7. The summed E-state index contributed by atoms with van der Waals surface area (Å²) in [4.78, 5) is 24.7. The molecule has 1 heterocycles. The minimum absolute atomic E-state index is 0.173. The Balaban J connectivity index is 2.27. The number of ether oxygens (including phenoxy) is 1. The van der Waals surface area contributed by atoms with Crippen molar-refractivity contribution < 1.29 is 14.3 Å². The molecule has 0 fully saturated rings. The fraction of sp³-hybridized carbons (Fsp3) is 0.400. The number of rotatable bonds is 8. The van der Waals surface area contributed by atoms with Crippen molar-refractivity contribution in [3.05, 3.63) is 40.8 Å². The lowest BCUT2D eigenvalue weighted by atomic mass is 10.0. The molecule has 2 N–H and O–H groups in total. The van der Waals surface area contributed by atoms with E-state index in [9.17, 15) is 9.59 Å². The number of carbonyl (C=O) groups excluding carboxylic acids is 2. The van der Waals surface area contributed by atoms with E-state index in [-0.39, 0.29) is 25.1 Å². The van der Waals surface area contributed by atoms with Gasteiger partial charge in [0.1, 0.15) is 10.6 Å². The lowest BCUT2D eigenvalue weighted by molar-refractivity contribution is -0.115. The standard InChI is InChI=1S/C20H26N2O3S/c1-5-14(4)21-11-17(23)22-19-18(20(24)25-6-2)16(12-26-19)15-9-7-13(3)8-10-15/h7-10,12,14,21H,5-6,11H2,1-4H3,(H,22,23)/t14-/m1/s1. The summed E-state index contributed by atoms with van der Waals surface area (Å²) in [5.41, 5.74) is 3.26. The van der Waals surface area contributed by atoms with Gasteiger partial charge in [-0.3, -0.25) is 4.79 Å². The quantitative estimate of drug-likeness (QED) is 0.679. The maximum absolute atomic E-state index is 12.5. The molecular formula is C20H26N2O3S. The summed E-state index contributed by atoms with van der Waals surface area (Å²) in [7, 11) is 0. The van der Waals surface area contributed by atoms with Crippen molar-refractivity contribution in [2.45, 2.75) is 40.2 Å². The summed E-state index contributed by atoms with van der Waals surface area (Å²) in [6, 6.07) is 8.19. The summed E-state index contributed by atoms with van der Waals surface area (Å²) < 4.78 is 5.21. The average molecular weight is 375 g/mol. The molecule has 0 aliphatic rings. The Labute approximate surface area is 158 Å². The zero-order chi connectivity index (χ0) is 19.1. The predicted molar refractivity (Wildman–Crippen MR) is 107 cm³/mol. The molecule has 2 rings (SSSR count). The molecule has 2 aromatic rings. The molecule has 0 spiro atoms. The molecular weight excluding hydrogens is 348 g/mol. The van der Waals surface area contributed by atoms with Gasteiger partial charge in [0.2, 0.25) is 5.91 Å². The van der Waals surface area contributed by atoms with Crippen molar-refractivity contribution in [1.29, 1.82) is 0 Å². The van der Waals surface area contributed by atoms with Gasteiger partial charge in [-0.15, -0.1) is 11.3 Å². The van der Waals surface area contributed by atoms with E-state index in [0.29, 0.717) is 10.6 Å². The molecule has 0 bridgehead atoms. The normalized spacial score (nSPS) is 11.8. The molecule has 0 unspecified atom stereocenters. The molecule has 1 aromatic carbocycles. The van der Waals surface area contributed by atoms with Gasteiger partial charge < -0.3 is 15.4 Å². The maximum Gasteiger partial charge on any atom is 0.341 e.